The molecule has 0 fully saturated rings. The van der Waals surface area contributed by atoms with Crippen LogP contribution in [-0.4, -0.2) is 8.75 Å². The molecule has 0 aliphatic heterocycles. The minimum absolute atomic E-state index is 0.989. The number of nitrogens with zero attached hydrogens (tertiary/aromatic N) is 2. The predicted octanol–water partition coefficient (Wildman–Crippen LogP) is 7.64. The Hall–Kier alpha value is -1.38. The molecule has 0 N–H and O–H groups in total. The Bertz CT molecular complexity index is 1170. The number of fused-ring (bicyclic) bond motifs is 1. The van der Waals surface area contributed by atoms with Crippen LogP contribution in [0.3, 0.4) is 0 Å². The standard InChI is InChI=1S/C18H9BrN2S4/c19-16-8-7-13(24-16)11-4-3-10(17-18(11)21-25-20-17)12-5-6-15(23-12)14-2-1-9-22-14/h1-9H. The summed E-state index contributed by atoms with van der Waals surface area (Å²) in [6, 6.07) is 17.2. The van der Waals surface area contributed by atoms with Crippen molar-refractivity contribution in [3.63, 3.8) is 0 Å². The monoisotopic (exact) mass is 460 g/mol. The third-order valence-electron chi connectivity index (χ3n) is 3.89. The maximum absolute atomic E-state index is 4.59. The van der Waals surface area contributed by atoms with Gasteiger partial charge in [-0.3, -0.25) is 0 Å². The molecule has 0 aliphatic rings. The maximum Gasteiger partial charge on any atom is 0.114 e. The molecule has 0 unspecified atom stereocenters. The van der Waals surface area contributed by atoms with E-state index in [4.69, 9.17) is 0 Å². The zero-order valence-corrected chi connectivity index (χ0v) is 17.5. The first-order valence-electron chi connectivity index (χ1n) is 7.45. The molecule has 4 heterocycles. The van der Waals surface area contributed by atoms with E-state index in [1.54, 1.807) is 22.7 Å². The summed E-state index contributed by atoms with van der Waals surface area (Å²) in [4.78, 5) is 5.05. The van der Waals surface area contributed by atoms with Crippen molar-refractivity contribution in [2.24, 2.45) is 0 Å². The molecule has 0 atom stereocenters. The quantitative estimate of drug-likeness (QED) is 0.276. The smallest absolute Gasteiger partial charge is 0.114 e. The van der Waals surface area contributed by atoms with Crippen molar-refractivity contribution in [3.8, 4) is 30.6 Å². The second-order valence-corrected chi connectivity index (χ2v) is 10.4. The molecule has 1 aromatic carbocycles. The number of benzene rings is 1. The van der Waals surface area contributed by atoms with Gasteiger partial charge in [-0.05, 0) is 51.6 Å². The molecule has 7 heteroatoms. The summed E-state index contributed by atoms with van der Waals surface area (Å²) in [5, 5.41) is 2.12. The Kier molecular flexibility index (Phi) is 4.06. The minimum atomic E-state index is 0.989. The fourth-order valence-electron chi connectivity index (χ4n) is 2.76. The summed E-state index contributed by atoms with van der Waals surface area (Å²) < 4.78 is 10.3. The molecule has 5 aromatic rings. The van der Waals surface area contributed by atoms with Crippen molar-refractivity contribution in [1.29, 1.82) is 0 Å². The summed E-state index contributed by atoms with van der Waals surface area (Å²) >= 11 is 10.1. The number of aromatic nitrogens is 2. The van der Waals surface area contributed by atoms with E-state index in [1.165, 1.54) is 31.2 Å². The highest BCUT2D eigenvalue weighted by atomic mass is 79.9. The molecule has 25 heavy (non-hydrogen) atoms. The van der Waals surface area contributed by atoms with Crippen molar-refractivity contribution in [3.05, 3.63) is 57.7 Å². The van der Waals surface area contributed by atoms with Crippen molar-refractivity contribution in [1.82, 2.24) is 8.75 Å². The molecule has 0 spiro atoms. The average Bonchev–Trinajstić information content (AvgIpc) is 3.38. The lowest BCUT2D eigenvalue weighted by molar-refractivity contribution is 1.63. The maximum atomic E-state index is 4.59. The third-order valence-corrected chi connectivity index (χ3v) is 8.26. The van der Waals surface area contributed by atoms with E-state index >= 15 is 0 Å². The van der Waals surface area contributed by atoms with Gasteiger partial charge in [-0.2, -0.15) is 8.75 Å². The number of rotatable bonds is 3. The first-order valence-corrected chi connectivity index (χ1v) is 11.5. The molecule has 0 bridgehead atoms. The number of thiophene rings is 3. The van der Waals surface area contributed by atoms with E-state index in [9.17, 15) is 0 Å². The lowest BCUT2D eigenvalue weighted by Gasteiger charge is -2.03. The van der Waals surface area contributed by atoms with Gasteiger partial charge in [0.05, 0.1) is 15.5 Å². The molecular weight excluding hydrogens is 452 g/mol. The van der Waals surface area contributed by atoms with Gasteiger partial charge in [-0.25, -0.2) is 0 Å². The van der Waals surface area contributed by atoms with Gasteiger partial charge in [0.1, 0.15) is 11.0 Å². The largest absolute Gasteiger partial charge is 0.172 e. The molecule has 0 saturated carbocycles. The summed E-state index contributed by atoms with van der Waals surface area (Å²) in [5.41, 5.74) is 4.30. The Morgan fingerprint density at radius 1 is 0.680 bits per heavy atom. The zero-order chi connectivity index (χ0) is 16.8. The van der Waals surface area contributed by atoms with Gasteiger partial charge >= 0.3 is 0 Å². The van der Waals surface area contributed by atoms with Crippen molar-refractivity contribution < 1.29 is 0 Å². The van der Waals surface area contributed by atoms with Crippen LogP contribution in [-0.2, 0) is 0 Å². The number of hydrogen-bond acceptors (Lipinski definition) is 6. The number of hydrogen-bond donors (Lipinski definition) is 0. The van der Waals surface area contributed by atoms with E-state index in [0.29, 0.717) is 0 Å². The van der Waals surface area contributed by atoms with Crippen LogP contribution in [0.1, 0.15) is 0 Å². The van der Waals surface area contributed by atoms with Crippen LogP contribution in [0.4, 0.5) is 0 Å². The highest BCUT2D eigenvalue weighted by Gasteiger charge is 2.16. The average molecular weight is 461 g/mol. The molecule has 0 aliphatic carbocycles. The fraction of sp³-hybridized carbons (Fsp3) is 0. The zero-order valence-electron chi connectivity index (χ0n) is 12.6. The van der Waals surface area contributed by atoms with Gasteiger partial charge in [-0.15, -0.1) is 34.0 Å². The van der Waals surface area contributed by atoms with Crippen LogP contribution in [0.2, 0.25) is 0 Å². The van der Waals surface area contributed by atoms with Crippen LogP contribution >= 0.6 is 61.7 Å². The Balaban J connectivity index is 1.65. The topological polar surface area (TPSA) is 25.8 Å². The highest BCUT2D eigenvalue weighted by Crippen LogP contribution is 2.42. The molecule has 0 amide bonds. The van der Waals surface area contributed by atoms with Crippen molar-refractivity contribution in [2.75, 3.05) is 0 Å². The predicted molar refractivity (Wildman–Crippen MR) is 115 cm³/mol. The lowest BCUT2D eigenvalue weighted by Crippen LogP contribution is -1.81. The summed E-state index contributed by atoms with van der Waals surface area (Å²) in [7, 11) is 0. The summed E-state index contributed by atoms with van der Waals surface area (Å²) in [5.74, 6) is 0. The van der Waals surface area contributed by atoms with Gasteiger partial charge < -0.3 is 0 Å². The van der Waals surface area contributed by atoms with E-state index in [-0.39, 0.29) is 0 Å². The second kappa shape index (κ2) is 6.41. The van der Waals surface area contributed by atoms with E-state index < -0.39 is 0 Å². The van der Waals surface area contributed by atoms with Gasteiger partial charge in [0.2, 0.25) is 0 Å². The normalized spacial score (nSPS) is 11.4. The Labute approximate surface area is 168 Å². The van der Waals surface area contributed by atoms with Gasteiger partial charge in [-0.1, -0.05) is 18.2 Å². The molecule has 5 rings (SSSR count). The van der Waals surface area contributed by atoms with Crippen LogP contribution in [0.25, 0.3) is 41.7 Å². The van der Waals surface area contributed by atoms with Crippen molar-refractivity contribution >= 4 is 72.7 Å². The summed E-state index contributed by atoms with van der Waals surface area (Å²) in [6.07, 6.45) is 0. The minimum Gasteiger partial charge on any atom is -0.172 e. The SMILES string of the molecule is Brc1ccc(-c2ccc(-c3ccc(-c4cccs4)s3)c3nsnc23)s1. The number of halogens is 1. The molecule has 4 aromatic heterocycles. The van der Waals surface area contributed by atoms with Gasteiger partial charge in [0.15, 0.2) is 0 Å². The van der Waals surface area contributed by atoms with Crippen molar-refractivity contribution in [2.45, 2.75) is 0 Å². The van der Waals surface area contributed by atoms with E-state index in [1.807, 2.05) is 11.3 Å². The molecule has 2 nitrogen and oxygen atoms in total. The van der Waals surface area contributed by atoms with Crippen LogP contribution in [0, 0.1) is 0 Å². The fourth-order valence-corrected chi connectivity index (χ4v) is 6.61. The molecule has 0 saturated heterocycles. The Morgan fingerprint density at radius 2 is 1.36 bits per heavy atom. The van der Waals surface area contributed by atoms with Gasteiger partial charge in [0.25, 0.3) is 0 Å². The van der Waals surface area contributed by atoms with E-state index in [2.05, 4.69) is 78.6 Å². The Morgan fingerprint density at radius 3 is 2.00 bits per heavy atom. The highest BCUT2D eigenvalue weighted by molar-refractivity contribution is 9.11. The van der Waals surface area contributed by atoms with Crippen LogP contribution in [0.15, 0.2) is 57.7 Å². The first-order chi connectivity index (χ1) is 12.3. The second-order valence-electron chi connectivity index (χ2n) is 5.37. The van der Waals surface area contributed by atoms with Crippen LogP contribution in [0.5, 0.6) is 0 Å². The van der Waals surface area contributed by atoms with Gasteiger partial charge in [0, 0.05) is 30.6 Å². The van der Waals surface area contributed by atoms with Crippen LogP contribution < -0.4 is 0 Å². The van der Waals surface area contributed by atoms with E-state index in [0.717, 1.165) is 25.9 Å². The third kappa shape index (κ3) is 2.80. The molecule has 0 radical (unpaired) electrons. The molecular formula is C18H9BrN2S4. The molecule has 122 valence electrons. The lowest BCUT2D eigenvalue weighted by atomic mass is 10.1. The first kappa shape index (κ1) is 15.8. The summed E-state index contributed by atoms with van der Waals surface area (Å²) in [6.45, 7) is 0.